The molecular formula is C16H18F3N3O4. The lowest BCUT2D eigenvalue weighted by molar-refractivity contribution is -0.192. The third-order valence-electron chi connectivity index (χ3n) is 4.40. The summed E-state index contributed by atoms with van der Waals surface area (Å²) in [5, 5.41) is 9.90. The smallest absolute Gasteiger partial charge is 0.475 e. The van der Waals surface area contributed by atoms with Gasteiger partial charge in [0.05, 0.1) is 11.3 Å². The van der Waals surface area contributed by atoms with E-state index in [2.05, 4.69) is 5.32 Å². The molecule has 0 aromatic heterocycles. The molecule has 0 saturated heterocycles. The molecule has 1 aromatic rings. The normalized spacial score (nSPS) is 23.2. The number of halogens is 3. The Morgan fingerprint density at radius 3 is 2.50 bits per heavy atom. The number of aliphatic carboxylic acids is 1. The number of nitrogens with zero attached hydrogens (tertiary/aromatic N) is 1. The number of benzene rings is 1. The first-order chi connectivity index (χ1) is 12.1. The Balaban J connectivity index is 0.000000298. The SMILES string of the molecule is CN1C(=O)C2(CC2C(=O)NCCN)c2ccccc21.O=C(O)C(F)(F)F. The third kappa shape index (κ3) is 3.36. The maximum absolute atomic E-state index is 12.5. The Bertz CT molecular complexity index is 738. The van der Waals surface area contributed by atoms with Crippen molar-refractivity contribution in [3.63, 3.8) is 0 Å². The van der Waals surface area contributed by atoms with E-state index < -0.39 is 17.6 Å². The summed E-state index contributed by atoms with van der Waals surface area (Å²) in [7, 11) is 1.77. The average molecular weight is 373 g/mol. The number of nitrogens with one attached hydrogen (secondary N) is 1. The van der Waals surface area contributed by atoms with Gasteiger partial charge in [0.1, 0.15) is 0 Å². The fourth-order valence-electron chi connectivity index (χ4n) is 3.10. The van der Waals surface area contributed by atoms with E-state index >= 15 is 0 Å². The Morgan fingerprint density at radius 2 is 1.96 bits per heavy atom. The summed E-state index contributed by atoms with van der Waals surface area (Å²) in [6.07, 6.45) is -4.48. The second kappa shape index (κ2) is 6.94. The highest BCUT2D eigenvalue weighted by atomic mass is 19.4. The molecule has 1 heterocycles. The number of para-hydroxylation sites is 1. The van der Waals surface area contributed by atoms with Gasteiger partial charge in [-0.2, -0.15) is 13.2 Å². The van der Waals surface area contributed by atoms with Crippen LogP contribution >= 0.6 is 0 Å². The van der Waals surface area contributed by atoms with Crippen molar-refractivity contribution in [2.75, 3.05) is 25.0 Å². The molecule has 1 aliphatic heterocycles. The maximum Gasteiger partial charge on any atom is 0.490 e. The molecule has 1 spiro atoms. The molecule has 2 unspecified atom stereocenters. The van der Waals surface area contributed by atoms with Gasteiger partial charge >= 0.3 is 12.1 Å². The lowest BCUT2D eigenvalue weighted by atomic mass is 9.94. The lowest BCUT2D eigenvalue weighted by Gasteiger charge is -2.11. The Morgan fingerprint density at radius 1 is 1.38 bits per heavy atom. The van der Waals surface area contributed by atoms with E-state index in [1.54, 1.807) is 11.9 Å². The maximum atomic E-state index is 12.5. The lowest BCUT2D eigenvalue weighted by Crippen LogP contribution is -2.36. The molecule has 26 heavy (non-hydrogen) atoms. The number of carbonyl (C=O) groups is 3. The molecule has 10 heteroatoms. The number of hydrogen-bond acceptors (Lipinski definition) is 4. The minimum absolute atomic E-state index is 0.0293. The number of nitrogens with two attached hydrogens (primary N) is 1. The molecule has 2 atom stereocenters. The molecule has 1 saturated carbocycles. The number of alkyl halides is 3. The number of fused-ring (bicyclic) bond motifs is 2. The molecular weight excluding hydrogens is 355 g/mol. The van der Waals surface area contributed by atoms with Crippen molar-refractivity contribution >= 4 is 23.5 Å². The minimum atomic E-state index is -5.08. The topological polar surface area (TPSA) is 113 Å². The highest BCUT2D eigenvalue weighted by Gasteiger charge is 2.68. The predicted octanol–water partition coefficient (Wildman–Crippen LogP) is 0.629. The third-order valence-corrected chi connectivity index (χ3v) is 4.40. The largest absolute Gasteiger partial charge is 0.490 e. The van der Waals surface area contributed by atoms with Gasteiger partial charge in [0, 0.05) is 25.8 Å². The van der Waals surface area contributed by atoms with Gasteiger partial charge in [-0.3, -0.25) is 9.59 Å². The molecule has 1 aromatic carbocycles. The van der Waals surface area contributed by atoms with Crippen molar-refractivity contribution in [1.29, 1.82) is 0 Å². The highest BCUT2D eigenvalue weighted by molar-refractivity contribution is 6.13. The van der Waals surface area contributed by atoms with Crippen LogP contribution in [-0.2, 0) is 19.8 Å². The van der Waals surface area contributed by atoms with Gasteiger partial charge in [-0.1, -0.05) is 18.2 Å². The van der Waals surface area contributed by atoms with Crippen molar-refractivity contribution in [3.8, 4) is 0 Å². The van der Waals surface area contributed by atoms with Gasteiger partial charge in [0.15, 0.2) is 0 Å². The Kier molecular flexibility index (Phi) is 5.26. The number of hydrogen-bond donors (Lipinski definition) is 3. The van der Waals surface area contributed by atoms with Crippen LogP contribution in [0, 0.1) is 5.92 Å². The van der Waals surface area contributed by atoms with E-state index in [1.807, 2.05) is 24.3 Å². The molecule has 2 amide bonds. The summed E-state index contributed by atoms with van der Waals surface area (Å²) in [5.74, 6) is -3.05. The first kappa shape index (κ1) is 19.7. The molecule has 1 fully saturated rings. The van der Waals surface area contributed by atoms with E-state index in [1.165, 1.54) is 0 Å². The number of rotatable bonds is 3. The Labute approximate surface area is 146 Å². The van der Waals surface area contributed by atoms with Gasteiger partial charge in [0.25, 0.3) is 0 Å². The molecule has 4 N–H and O–H groups in total. The fourth-order valence-corrected chi connectivity index (χ4v) is 3.10. The standard InChI is InChI=1S/C14H17N3O2.C2HF3O2/c1-17-11-5-3-2-4-9(11)14(13(17)19)8-10(14)12(18)16-7-6-15;3-2(4,5)1(6)7/h2-5,10H,6-8,15H2,1H3,(H,16,18);(H,6,7). The predicted molar refractivity (Wildman–Crippen MR) is 85.4 cm³/mol. The van der Waals surface area contributed by atoms with Crippen LogP contribution in [0.15, 0.2) is 24.3 Å². The van der Waals surface area contributed by atoms with Crippen LogP contribution in [0.25, 0.3) is 0 Å². The van der Waals surface area contributed by atoms with Crippen LogP contribution in [0.2, 0.25) is 0 Å². The number of carboxylic acid groups (broad SMARTS) is 1. The highest BCUT2D eigenvalue weighted by Crippen LogP contribution is 2.61. The van der Waals surface area contributed by atoms with Crippen LogP contribution in [-0.4, -0.2) is 49.2 Å². The number of anilines is 1. The van der Waals surface area contributed by atoms with Crippen LogP contribution < -0.4 is 16.0 Å². The van der Waals surface area contributed by atoms with Gasteiger partial charge in [0.2, 0.25) is 11.8 Å². The van der Waals surface area contributed by atoms with E-state index in [9.17, 15) is 22.8 Å². The van der Waals surface area contributed by atoms with Crippen LogP contribution in [0.5, 0.6) is 0 Å². The average Bonchev–Trinajstić information content (AvgIpc) is 3.30. The van der Waals surface area contributed by atoms with E-state index in [-0.39, 0.29) is 17.7 Å². The van der Waals surface area contributed by atoms with Crippen molar-refractivity contribution in [3.05, 3.63) is 29.8 Å². The molecule has 0 radical (unpaired) electrons. The number of amides is 2. The zero-order chi connectivity index (χ0) is 19.7. The van der Waals surface area contributed by atoms with E-state index in [0.29, 0.717) is 19.5 Å². The zero-order valence-electron chi connectivity index (χ0n) is 13.8. The van der Waals surface area contributed by atoms with Gasteiger partial charge in [-0.15, -0.1) is 0 Å². The quantitative estimate of drug-likeness (QED) is 0.719. The molecule has 0 bridgehead atoms. The number of carboxylic acids is 1. The summed E-state index contributed by atoms with van der Waals surface area (Å²) in [6.45, 7) is 0.868. The minimum Gasteiger partial charge on any atom is -0.475 e. The monoisotopic (exact) mass is 373 g/mol. The van der Waals surface area contributed by atoms with Gasteiger partial charge < -0.3 is 21.1 Å². The van der Waals surface area contributed by atoms with Crippen LogP contribution in [0.3, 0.4) is 0 Å². The molecule has 142 valence electrons. The van der Waals surface area contributed by atoms with Gasteiger partial charge in [-0.25, -0.2) is 4.79 Å². The van der Waals surface area contributed by atoms with E-state index in [4.69, 9.17) is 15.6 Å². The van der Waals surface area contributed by atoms with Crippen molar-refractivity contribution < 1.29 is 32.7 Å². The molecule has 1 aliphatic carbocycles. The first-order valence-electron chi connectivity index (χ1n) is 7.73. The molecule has 3 rings (SSSR count). The fraction of sp³-hybridized carbons (Fsp3) is 0.438. The molecule has 2 aliphatic rings. The summed E-state index contributed by atoms with van der Waals surface area (Å²) in [4.78, 5) is 35.1. The van der Waals surface area contributed by atoms with Crippen molar-refractivity contribution in [2.24, 2.45) is 11.7 Å². The summed E-state index contributed by atoms with van der Waals surface area (Å²) in [6, 6.07) is 7.70. The van der Waals surface area contributed by atoms with Gasteiger partial charge in [-0.05, 0) is 18.1 Å². The second-order valence-electron chi connectivity index (χ2n) is 5.99. The number of carbonyl (C=O) groups excluding carboxylic acids is 2. The van der Waals surface area contributed by atoms with E-state index in [0.717, 1.165) is 11.3 Å². The second-order valence-corrected chi connectivity index (χ2v) is 5.99. The number of likely N-dealkylation sites (N-methyl/N-ethyl adjacent to an activating group) is 1. The molecule has 7 nitrogen and oxygen atoms in total. The first-order valence-corrected chi connectivity index (χ1v) is 7.73. The van der Waals surface area contributed by atoms with Crippen molar-refractivity contribution in [2.45, 2.75) is 18.0 Å². The summed E-state index contributed by atoms with van der Waals surface area (Å²) in [5.41, 5.74) is 6.66. The zero-order valence-corrected chi connectivity index (χ0v) is 13.8. The van der Waals surface area contributed by atoms with Crippen molar-refractivity contribution in [1.82, 2.24) is 5.32 Å². The van der Waals surface area contributed by atoms with Crippen LogP contribution in [0.4, 0.5) is 18.9 Å². The van der Waals surface area contributed by atoms with Crippen LogP contribution in [0.1, 0.15) is 12.0 Å². The summed E-state index contributed by atoms with van der Waals surface area (Å²) >= 11 is 0. The summed E-state index contributed by atoms with van der Waals surface area (Å²) < 4.78 is 31.7. The Hall–Kier alpha value is -2.62.